The van der Waals surface area contributed by atoms with Crippen molar-refractivity contribution in [2.24, 2.45) is 23.7 Å². The minimum Gasteiger partial charge on any atom is -0.481 e. The topological polar surface area (TPSA) is 66.4 Å². The highest BCUT2D eigenvalue weighted by Crippen LogP contribution is 2.37. The van der Waals surface area contributed by atoms with E-state index in [0.29, 0.717) is 12.3 Å². The monoisotopic (exact) mass is 239 g/mol. The molecule has 1 amide bonds. The average molecular weight is 239 g/mol. The van der Waals surface area contributed by atoms with Crippen molar-refractivity contribution in [2.75, 3.05) is 6.54 Å². The molecule has 0 heterocycles. The zero-order chi connectivity index (χ0) is 12.4. The van der Waals surface area contributed by atoms with Crippen molar-refractivity contribution in [1.82, 2.24) is 5.32 Å². The van der Waals surface area contributed by atoms with Crippen LogP contribution in [-0.2, 0) is 9.59 Å². The molecule has 0 radical (unpaired) electrons. The van der Waals surface area contributed by atoms with E-state index in [0.717, 1.165) is 31.7 Å². The number of hydrogen-bond acceptors (Lipinski definition) is 2. The number of carboxylic acid groups (broad SMARTS) is 1. The largest absolute Gasteiger partial charge is 0.481 e. The molecule has 2 aliphatic carbocycles. The second kappa shape index (κ2) is 5.07. The zero-order valence-corrected chi connectivity index (χ0v) is 10.3. The number of hydrogen-bond donors (Lipinski definition) is 2. The first-order valence-electron chi connectivity index (χ1n) is 6.60. The summed E-state index contributed by atoms with van der Waals surface area (Å²) < 4.78 is 0. The van der Waals surface area contributed by atoms with Gasteiger partial charge in [0.25, 0.3) is 0 Å². The van der Waals surface area contributed by atoms with E-state index in [1.807, 2.05) is 0 Å². The van der Waals surface area contributed by atoms with Gasteiger partial charge >= 0.3 is 5.97 Å². The second-order valence-electron chi connectivity index (χ2n) is 5.55. The van der Waals surface area contributed by atoms with E-state index >= 15 is 0 Å². The first-order chi connectivity index (χ1) is 8.09. The lowest BCUT2D eigenvalue weighted by molar-refractivity contribution is -0.148. The Labute approximate surface area is 102 Å². The molecule has 4 nitrogen and oxygen atoms in total. The van der Waals surface area contributed by atoms with Gasteiger partial charge in [-0.1, -0.05) is 19.8 Å². The number of amides is 1. The average Bonchev–Trinajstić information content (AvgIpc) is 3.02. The summed E-state index contributed by atoms with van der Waals surface area (Å²) in [5.74, 6) is -0.306. The van der Waals surface area contributed by atoms with Gasteiger partial charge in [0.05, 0.1) is 11.8 Å². The molecule has 0 saturated heterocycles. The van der Waals surface area contributed by atoms with Crippen LogP contribution in [0.3, 0.4) is 0 Å². The third-order valence-electron chi connectivity index (χ3n) is 4.23. The van der Waals surface area contributed by atoms with Crippen LogP contribution in [0.5, 0.6) is 0 Å². The van der Waals surface area contributed by atoms with Gasteiger partial charge in [0.2, 0.25) is 5.91 Å². The Morgan fingerprint density at radius 2 is 1.82 bits per heavy atom. The molecule has 0 aromatic heterocycles. The van der Waals surface area contributed by atoms with Crippen LogP contribution >= 0.6 is 0 Å². The van der Waals surface area contributed by atoms with E-state index in [9.17, 15) is 9.59 Å². The second-order valence-corrected chi connectivity index (χ2v) is 5.55. The molecule has 0 bridgehead atoms. The SMILES string of the molecule is CC1CC1CNC(=O)C1CCCCC1C(=O)O. The number of carboxylic acids is 1. The Balaban J connectivity index is 1.84. The Morgan fingerprint density at radius 1 is 1.24 bits per heavy atom. The van der Waals surface area contributed by atoms with Gasteiger partial charge in [-0.2, -0.15) is 0 Å². The number of aliphatic carboxylic acids is 1. The molecule has 17 heavy (non-hydrogen) atoms. The number of carbonyl (C=O) groups is 2. The minimum atomic E-state index is -0.815. The minimum absolute atomic E-state index is 0.0452. The summed E-state index contributed by atoms with van der Waals surface area (Å²) in [5, 5.41) is 12.0. The van der Waals surface area contributed by atoms with Gasteiger partial charge in [-0.3, -0.25) is 9.59 Å². The van der Waals surface area contributed by atoms with Crippen molar-refractivity contribution < 1.29 is 14.7 Å². The Kier molecular flexibility index (Phi) is 3.69. The lowest BCUT2D eigenvalue weighted by atomic mass is 9.78. The van der Waals surface area contributed by atoms with Crippen molar-refractivity contribution in [1.29, 1.82) is 0 Å². The number of carbonyl (C=O) groups excluding carboxylic acids is 1. The molecule has 0 aromatic carbocycles. The van der Waals surface area contributed by atoms with Gasteiger partial charge in [-0.05, 0) is 31.1 Å². The molecule has 4 atom stereocenters. The highest BCUT2D eigenvalue weighted by molar-refractivity contribution is 5.84. The third-order valence-corrected chi connectivity index (χ3v) is 4.23. The highest BCUT2D eigenvalue weighted by atomic mass is 16.4. The normalized spacial score (nSPS) is 36.3. The van der Waals surface area contributed by atoms with Gasteiger partial charge < -0.3 is 10.4 Å². The summed E-state index contributed by atoms with van der Waals surface area (Å²) in [6, 6.07) is 0. The molecule has 0 spiro atoms. The van der Waals surface area contributed by atoms with Crippen molar-refractivity contribution in [3.8, 4) is 0 Å². The molecular formula is C13H21NO3. The predicted octanol–water partition coefficient (Wildman–Crippen LogP) is 1.65. The van der Waals surface area contributed by atoms with Crippen LogP contribution in [0.25, 0.3) is 0 Å². The maximum atomic E-state index is 12.0. The lowest BCUT2D eigenvalue weighted by Crippen LogP contribution is -2.40. The van der Waals surface area contributed by atoms with Gasteiger partial charge in [-0.15, -0.1) is 0 Å². The number of nitrogens with one attached hydrogen (secondary N) is 1. The molecule has 2 N–H and O–H groups in total. The Bertz CT molecular complexity index is 316. The lowest BCUT2D eigenvalue weighted by Gasteiger charge is -2.27. The van der Waals surface area contributed by atoms with E-state index in [4.69, 9.17) is 5.11 Å². The molecule has 2 saturated carbocycles. The summed E-state index contributed by atoms with van der Waals surface area (Å²) >= 11 is 0. The van der Waals surface area contributed by atoms with Crippen LogP contribution in [-0.4, -0.2) is 23.5 Å². The Morgan fingerprint density at radius 3 is 2.35 bits per heavy atom. The highest BCUT2D eigenvalue weighted by Gasteiger charge is 2.37. The molecule has 96 valence electrons. The van der Waals surface area contributed by atoms with Gasteiger partial charge in [0, 0.05) is 6.54 Å². The van der Waals surface area contributed by atoms with Crippen molar-refractivity contribution in [2.45, 2.75) is 39.0 Å². The van der Waals surface area contributed by atoms with E-state index in [2.05, 4.69) is 12.2 Å². The van der Waals surface area contributed by atoms with Gasteiger partial charge in [0.15, 0.2) is 0 Å². The predicted molar refractivity (Wildman–Crippen MR) is 63.4 cm³/mol. The van der Waals surface area contributed by atoms with Crippen LogP contribution in [0.4, 0.5) is 0 Å². The third kappa shape index (κ3) is 2.99. The van der Waals surface area contributed by atoms with Crippen LogP contribution in [0.2, 0.25) is 0 Å². The van der Waals surface area contributed by atoms with Crippen LogP contribution < -0.4 is 5.32 Å². The summed E-state index contributed by atoms with van der Waals surface area (Å²) in [6.07, 6.45) is 4.46. The molecule has 2 fully saturated rings. The molecule has 4 unspecified atom stereocenters. The maximum Gasteiger partial charge on any atom is 0.307 e. The Hall–Kier alpha value is -1.06. The summed E-state index contributed by atoms with van der Waals surface area (Å²) in [7, 11) is 0. The van der Waals surface area contributed by atoms with Crippen LogP contribution in [0.1, 0.15) is 39.0 Å². The van der Waals surface area contributed by atoms with Crippen molar-refractivity contribution in [3.05, 3.63) is 0 Å². The van der Waals surface area contributed by atoms with E-state index < -0.39 is 11.9 Å². The molecular weight excluding hydrogens is 218 g/mol. The molecule has 2 aliphatic rings. The molecule has 2 rings (SSSR count). The fourth-order valence-electron chi connectivity index (χ4n) is 2.79. The van der Waals surface area contributed by atoms with E-state index in [1.54, 1.807) is 0 Å². The first-order valence-corrected chi connectivity index (χ1v) is 6.60. The summed E-state index contributed by atoms with van der Waals surface area (Å²) in [6.45, 7) is 2.90. The van der Waals surface area contributed by atoms with Gasteiger partial charge in [-0.25, -0.2) is 0 Å². The van der Waals surface area contributed by atoms with E-state index in [-0.39, 0.29) is 11.8 Å². The van der Waals surface area contributed by atoms with Crippen molar-refractivity contribution >= 4 is 11.9 Å². The quantitative estimate of drug-likeness (QED) is 0.784. The van der Waals surface area contributed by atoms with Crippen molar-refractivity contribution in [3.63, 3.8) is 0 Å². The summed E-state index contributed by atoms with van der Waals surface area (Å²) in [4.78, 5) is 23.1. The fourth-order valence-corrected chi connectivity index (χ4v) is 2.79. The molecule has 0 aliphatic heterocycles. The summed E-state index contributed by atoms with van der Waals surface area (Å²) in [5.41, 5.74) is 0. The fraction of sp³-hybridized carbons (Fsp3) is 0.846. The first kappa shape index (κ1) is 12.4. The van der Waals surface area contributed by atoms with Crippen LogP contribution in [0, 0.1) is 23.7 Å². The molecule has 0 aromatic rings. The standard InChI is InChI=1S/C13H21NO3/c1-8-6-9(8)7-14-12(15)10-4-2-3-5-11(10)13(16)17/h8-11H,2-7H2,1H3,(H,14,15)(H,16,17). The van der Waals surface area contributed by atoms with Crippen LogP contribution in [0.15, 0.2) is 0 Å². The zero-order valence-electron chi connectivity index (χ0n) is 10.3. The molecule has 4 heteroatoms. The smallest absolute Gasteiger partial charge is 0.307 e. The van der Waals surface area contributed by atoms with Gasteiger partial charge in [0.1, 0.15) is 0 Å². The maximum absolute atomic E-state index is 12.0. The number of rotatable bonds is 4. The van der Waals surface area contributed by atoms with E-state index in [1.165, 1.54) is 6.42 Å².